The summed E-state index contributed by atoms with van der Waals surface area (Å²) in [5, 5.41) is 12.1. The quantitative estimate of drug-likeness (QED) is 0.0752. The van der Waals surface area contributed by atoms with Crippen LogP contribution < -0.4 is 22.1 Å². The predicted octanol–water partition coefficient (Wildman–Crippen LogP) is 3.93. The van der Waals surface area contributed by atoms with E-state index in [0.717, 1.165) is 27.5 Å². The molecule has 2 fully saturated rings. The van der Waals surface area contributed by atoms with Gasteiger partial charge in [-0.3, -0.25) is 38.5 Å². The summed E-state index contributed by atoms with van der Waals surface area (Å²) in [4.78, 5) is 77.1. The van der Waals surface area contributed by atoms with E-state index in [4.69, 9.17) is 20.9 Å². The van der Waals surface area contributed by atoms with E-state index < -0.39 is 29.6 Å². The Morgan fingerprint density at radius 1 is 0.713 bits per heavy atom. The number of hydrogen-bond donors (Lipinski definition) is 4. The summed E-state index contributed by atoms with van der Waals surface area (Å²) in [6, 6.07) is 33.5. The van der Waals surface area contributed by atoms with Crippen molar-refractivity contribution in [3.05, 3.63) is 168 Å². The van der Waals surface area contributed by atoms with Crippen molar-refractivity contribution in [2.45, 2.75) is 94.8 Å². The average molecular weight is 1100 g/mol. The number of nitrogens with zero attached hydrogens (tertiary/aromatic N) is 7. The van der Waals surface area contributed by atoms with Crippen LogP contribution in [0.1, 0.15) is 43.0 Å². The van der Waals surface area contributed by atoms with Crippen molar-refractivity contribution in [1.29, 1.82) is 0 Å². The number of nitrogens with two attached hydrogens (primary N) is 2. The molecule has 0 spiro atoms. The molecule has 6 N–H and O–H groups in total. The summed E-state index contributed by atoms with van der Waals surface area (Å²) in [5.74, 6) is -2.04. The molecule has 0 aliphatic carbocycles. The Labute approximate surface area is 466 Å². The largest absolute Gasteiger partial charge is 0.464 e. The third-order valence-corrected chi connectivity index (χ3v) is 14.6. The minimum Gasteiger partial charge on any atom is -0.464 e. The smallest absolute Gasteiger partial charge is 0.302 e. The van der Waals surface area contributed by atoms with Gasteiger partial charge in [-0.05, 0) is 90.4 Å². The van der Waals surface area contributed by atoms with E-state index >= 15 is 0 Å². The van der Waals surface area contributed by atoms with Gasteiger partial charge in [-0.25, -0.2) is 13.8 Å². The molecule has 2 aliphatic rings. The molecule has 80 heavy (non-hydrogen) atoms. The van der Waals surface area contributed by atoms with Crippen molar-refractivity contribution in [2.75, 3.05) is 66.6 Å². The molecule has 18 nitrogen and oxygen atoms in total. The summed E-state index contributed by atoms with van der Waals surface area (Å²) < 4.78 is 39.5. The van der Waals surface area contributed by atoms with Gasteiger partial charge in [-0.1, -0.05) is 97.1 Å². The Morgan fingerprint density at radius 3 is 1.91 bits per heavy atom. The fourth-order valence-electron chi connectivity index (χ4n) is 10.3. The van der Waals surface area contributed by atoms with Gasteiger partial charge in [-0.2, -0.15) is 5.10 Å². The number of amides is 4. The van der Waals surface area contributed by atoms with Gasteiger partial charge in [0.1, 0.15) is 36.9 Å². The maximum Gasteiger partial charge on any atom is 0.302 e. The number of halogens is 2. The van der Waals surface area contributed by atoms with Crippen LogP contribution in [-0.2, 0) is 65.7 Å². The Morgan fingerprint density at radius 2 is 1.30 bits per heavy atom. The topological polar surface area (TPSA) is 224 Å². The highest BCUT2D eigenvalue weighted by atomic mass is 19.1. The van der Waals surface area contributed by atoms with E-state index in [0.29, 0.717) is 70.6 Å². The molecule has 8 rings (SSSR count). The van der Waals surface area contributed by atoms with Crippen molar-refractivity contribution in [2.24, 2.45) is 11.5 Å². The van der Waals surface area contributed by atoms with Crippen molar-refractivity contribution in [3.8, 4) is 0 Å². The standard InChI is InChI=1S/C33H42FN5O4.C27H33FN6O3/c1-33(2,35)32(42)37-28(18-22-10-13-26(34)14-11-22)31(41)39-16-15-38(20-27(39)21-43-4)29(30(40)36-3)19-23-9-12-24-7-5-6-8-25(24)17-23;1-20(35)37-17-24(13-21-5-3-2-4-6-21)32-11-12-34(25(15-32)16-33-19-30-18-31-33)27(36)26(29)14-22-7-9-23(28)10-8-22/h5-14,17,27-29H,15-16,18-21,35H2,1-4H3,(H,36,40)(H,37,42);2-10,18-19,24-26H,11-17,29H2,1H3. The van der Waals surface area contributed by atoms with Gasteiger partial charge in [-0.15, -0.1) is 0 Å². The molecule has 2 aliphatic heterocycles. The number of likely N-dealkylation sites (N-methyl/N-ethyl adjacent to an activating group) is 1. The molecule has 0 bridgehead atoms. The van der Waals surface area contributed by atoms with Crippen LogP contribution >= 0.6 is 0 Å². The van der Waals surface area contributed by atoms with E-state index in [9.17, 15) is 32.8 Å². The molecule has 6 unspecified atom stereocenters. The van der Waals surface area contributed by atoms with E-state index in [1.807, 2.05) is 41.3 Å². The molecule has 20 heteroatoms. The number of piperazine rings is 2. The predicted molar refractivity (Wildman–Crippen MR) is 301 cm³/mol. The fourth-order valence-corrected chi connectivity index (χ4v) is 10.3. The first-order chi connectivity index (χ1) is 38.4. The first kappa shape index (κ1) is 60.2. The Bertz CT molecular complexity index is 2970. The minimum atomic E-state index is -1.20. The number of carbonyl (C=O) groups is 5. The lowest BCUT2D eigenvalue weighted by molar-refractivity contribution is -0.145. The number of aromatic nitrogens is 3. The summed E-state index contributed by atoms with van der Waals surface area (Å²) in [6.45, 7) is 8.36. The number of ether oxygens (including phenoxy) is 2. The van der Waals surface area contributed by atoms with Gasteiger partial charge in [0.05, 0.1) is 42.9 Å². The van der Waals surface area contributed by atoms with E-state index in [1.54, 1.807) is 68.2 Å². The van der Waals surface area contributed by atoms with Crippen LogP contribution in [0.3, 0.4) is 0 Å². The highest BCUT2D eigenvalue weighted by Gasteiger charge is 2.40. The molecular formula is C60H75F2N11O7. The molecule has 5 aromatic carbocycles. The van der Waals surface area contributed by atoms with Crippen LogP contribution in [0.25, 0.3) is 10.8 Å². The zero-order chi connectivity index (χ0) is 57.3. The molecule has 426 valence electrons. The fraction of sp³-hybridized carbons (Fsp3) is 0.417. The Balaban J connectivity index is 0.000000234. The Kier molecular flexibility index (Phi) is 21.5. The number of carbonyl (C=O) groups excluding carboxylic acids is 5. The van der Waals surface area contributed by atoms with Crippen LogP contribution in [-0.4, -0.2) is 172 Å². The molecule has 0 saturated carbocycles. The lowest BCUT2D eigenvalue weighted by atomic mass is 9.98. The van der Waals surface area contributed by atoms with Gasteiger partial charge < -0.3 is 41.4 Å². The number of esters is 1. The van der Waals surface area contributed by atoms with Crippen LogP contribution in [0.4, 0.5) is 8.78 Å². The number of benzene rings is 5. The number of hydrogen-bond acceptors (Lipinski definition) is 13. The van der Waals surface area contributed by atoms with Crippen molar-refractivity contribution in [1.82, 2.24) is 45.0 Å². The van der Waals surface area contributed by atoms with Crippen LogP contribution in [0.15, 0.2) is 134 Å². The third-order valence-electron chi connectivity index (χ3n) is 14.6. The molecule has 2 saturated heterocycles. The monoisotopic (exact) mass is 1100 g/mol. The second-order valence-electron chi connectivity index (χ2n) is 21.1. The highest BCUT2D eigenvalue weighted by Crippen LogP contribution is 2.23. The SMILES string of the molecule is CC(=O)OCC(Cc1ccccc1)N1CCN(C(=O)C(N)Cc2ccc(F)cc2)C(Cn2cncn2)C1.CNC(=O)C(Cc1ccc2ccccc2c1)N1CCN(C(=O)C(Cc2ccc(F)cc2)NC(=O)C(C)(C)N)C(COC)C1. The molecule has 4 amide bonds. The maximum atomic E-state index is 14.0. The first-order valence-electron chi connectivity index (χ1n) is 27.0. The summed E-state index contributed by atoms with van der Waals surface area (Å²) in [6.07, 6.45) is 4.80. The molecule has 6 atom stereocenters. The minimum absolute atomic E-state index is 0.0466. The lowest BCUT2D eigenvalue weighted by Gasteiger charge is -2.45. The van der Waals surface area contributed by atoms with Gasteiger partial charge in [0.25, 0.3) is 0 Å². The van der Waals surface area contributed by atoms with Crippen LogP contribution in [0.2, 0.25) is 0 Å². The normalized spacial score (nSPS) is 17.6. The zero-order valence-electron chi connectivity index (χ0n) is 46.3. The second kappa shape index (κ2) is 28.6. The second-order valence-corrected chi connectivity index (χ2v) is 21.1. The van der Waals surface area contributed by atoms with E-state index in [2.05, 4.69) is 66.9 Å². The van der Waals surface area contributed by atoms with Gasteiger partial charge in [0.2, 0.25) is 23.6 Å². The summed E-state index contributed by atoms with van der Waals surface area (Å²) in [5.41, 5.74) is 14.9. The average Bonchev–Trinajstić information content (AvgIpc) is 4.01. The molecular weight excluding hydrogens is 1020 g/mol. The summed E-state index contributed by atoms with van der Waals surface area (Å²) in [7, 11) is 3.20. The van der Waals surface area contributed by atoms with Gasteiger partial charge >= 0.3 is 5.97 Å². The molecule has 3 heterocycles. The van der Waals surface area contributed by atoms with Gasteiger partial charge in [0.15, 0.2) is 0 Å². The van der Waals surface area contributed by atoms with Crippen molar-refractivity contribution in [3.63, 3.8) is 0 Å². The van der Waals surface area contributed by atoms with Crippen LogP contribution in [0.5, 0.6) is 0 Å². The highest BCUT2D eigenvalue weighted by molar-refractivity contribution is 5.92. The lowest BCUT2D eigenvalue weighted by Crippen LogP contribution is -2.65. The van der Waals surface area contributed by atoms with Crippen molar-refractivity contribution >= 4 is 40.4 Å². The van der Waals surface area contributed by atoms with E-state index in [1.165, 1.54) is 37.5 Å². The van der Waals surface area contributed by atoms with Crippen LogP contribution in [0, 0.1) is 11.6 Å². The number of nitrogens with one attached hydrogen (secondary N) is 2. The zero-order valence-corrected chi connectivity index (χ0v) is 46.3. The van der Waals surface area contributed by atoms with Crippen molar-refractivity contribution < 1.29 is 42.2 Å². The van der Waals surface area contributed by atoms with Gasteiger partial charge in [0, 0.05) is 72.8 Å². The maximum absolute atomic E-state index is 14.0. The van der Waals surface area contributed by atoms with E-state index in [-0.39, 0.29) is 73.1 Å². The molecule has 1 aromatic heterocycles. The number of rotatable bonds is 21. The third kappa shape index (κ3) is 17.0. The number of methoxy groups -OCH3 is 1. The first-order valence-corrected chi connectivity index (χ1v) is 27.0. The summed E-state index contributed by atoms with van der Waals surface area (Å²) >= 11 is 0. The molecule has 0 radical (unpaired) electrons. The molecule has 6 aromatic rings. The Hall–Kier alpha value is -7.49. The number of fused-ring (bicyclic) bond motifs is 1.